The van der Waals surface area contributed by atoms with Crippen LogP contribution >= 0.6 is 0 Å². The van der Waals surface area contributed by atoms with E-state index in [-0.39, 0.29) is 17.4 Å². The van der Waals surface area contributed by atoms with E-state index in [9.17, 15) is 14.7 Å². The van der Waals surface area contributed by atoms with Gasteiger partial charge in [-0.1, -0.05) is 48.9 Å². The predicted octanol–water partition coefficient (Wildman–Crippen LogP) is 4.80. The molecule has 1 N–H and O–H groups in total. The zero-order valence-corrected chi connectivity index (χ0v) is 24.9. The fraction of sp³-hybridized carbons (Fsp3) is 0.424. The Hall–Kier alpha value is -4.47. The lowest BCUT2D eigenvalue weighted by atomic mass is 9.63. The smallest absolute Gasteiger partial charge is 0.354 e. The van der Waals surface area contributed by atoms with Gasteiger partial charge in [-0.25, -0.2) is 19.3 Å². The molecule has 224 valence electrons. The number of anilines is 2. The molecule has 1 unspecified atom stereocenters. The molecule has 1 aliphatic carbocycles. The Morgan fingerprint density at radius 1 is 1.05 bits per heavy atom. The molecule has 43 heavy (non-hydrogen) atoms. The van der Waals surface area contributed by atoms with Gasteiger partial charge in [0.2, 0.25) is 5.82 Å². The number of likely N-dealkylation sites (tertiary alicyclic amines) is 1. The molecule has 2 saturated heterocycles. The normalized spacial score (nSPS) is 18.5. The highest BCUT2D eigenvalue weighted by Gasteiger charge is 2.47. The van der Waals surface area contributed by atoms with Crippen LogP contribution in [0, 0.1) is 18.3 Å². The predicted molar refractivity (Wildman–Crippen MR) is 166 cm³/mol. The van der Waals surface area contributed by atoms with Crippen LogP contribution in [0.5, 0.6) is 0 Å². The van der Waals surface area contributed by atoms with Crippen molar-refractivity contribution in [1.82, 2.24) is 24.5 Å². The van der Waals surface area contributed by atoms with Gasteiger partial charge in [0.25, 0.3) is 5.91 Å². The fourth-order valence-electron chi connectivity index (χ4n) is 6.36. The molecule has 3 aromatic heterocycles. The van der Waals surface area contributed by atoms with Gasteiger partial charge in [-0.15, -0.1) is 5.10 Å². The van der Waals surface area contributed by atoms with E-state index in [1.165, 1.54) is 25.3 Å². The number of hydrogen-bond acceptors (Lipinski definition) is 7. The number of nitrogens with zero attached hydrogens (tertiary/aromatic N) is 7. The van der Waals surface area contributed by atoms with E-state index in [4.69, 9.17) is 0 Å². The van der Waals surface area contributed by atoms with Crippen LogP contribution in [-0.2, 0) is 0 Å². The molecule has 3 aliphatic rings. The van der Waals surface area contributed by atoms with Crippen molar-refractivity contribution < 1.29 is 14.7 Å². The standard InChI is InChI=1S/C27H33N7O3.C6H6/c1-18-13-20(33-16-27(17-33)9-4-10-27)15-34-24(18)29-23(30-34)25(35)32-12-8-19(14-32)7-11-31(2)22-6-3-5-21(28-22)26(36)37;1-2-4-6-5-3-1/h3,5-6,13,15,19H,4,7-12,14,16-17H2,1-2H3,(H,36,37);1-6H. The number of hydrogen-bond donors (Lipinski definition) is 1. The minimum atomic E-state index is -1.03. The van der Waals surface area contributed by atoms with Crippen LogP contribution < -0.4 is 9.80 Å². The molecule has 3 fully saturated rings. The molecule has 0 bridgehead atoms. The minimum absolute atomic E-state index is 0.0384. The summed E-state index contributed by atoms with van der Waals surface area (Å²) >= 11 is 0. The van der Waals surface area contributed by atoms with Crippen molar-refractivity contribution in [2.75, 3.05) is 49.6 Å². The van der Waals surface area contributed by atoms with Gasteiger partial charge in [-0.3, -0.25) is 4.79 Å². The number of pyridine rings is 2. The summed E-state index contributed by atoms with van der Waals surface area (Å²) in [6.07, 6.45) is 7.86. The number of aromatic carboxylic acids is 1. The van der Waals surface area contributed by atoms with Crippen LogP contribution in [0.3, 0.4) is 0 Å². The first-order chi connectivity index (χ1) is 20.8. The second-order valence-electron chi connectivity index (χ2n) is 12.3. The number of benzene rings is 1. The fourth-order valence-corrected chi connectivity index (χ4v) is 6.36. The summed E-state index contributed by atoms with van der Waals surface area (Å²) in [6.45, 7) is 6.35. The lowest BCUT2D eigenvalue weighted by Crippen LogP contribution is -2.59. The third-order valence-electron chi connectivity index (χ3n) is 9.08. The lowest BCUT2D eigenvalue weighted by Gasteiger charge is -2.57. The van der Waals surface area contributed by atoms with Gasteiger partial charge in [0, 0.05) is 45.2 Å². The van der Waals surface area contributed by atoms with E-state index in [2.05, 4.69) is 26.0 Å². The first kappa shape index (κ1) is 28.6. The topological polar surface area (TPSA) is 107 Å². The van der Waals surface area contributed by atoms with E-state index in [0.29, 0.717) is 30.2 Å². The molecule has 7 rings (SSSR count). The van der Waals surface area contributed by atoms with Crippen molar-refractivity contribution in [3.05, 3.63) is 83.9 Å². The second kappa shape index (κ2) is 12.0. The highest BCUT2D eigenvalue weighted by molar-refractivity contribution is 5.91. The van der Waals surface area contributed by atoms with Crippen molar-refractivity contribution >= 4 is 29.0 Å². The Morgan fingerprint density at radius 3 is 2.42 bits per heavy atom. The zero-order valence-electron chi connectivity index (χ0n) is 24.9. The third kappa shape index (κ3) is 6.18. The molecule has 1 aromatic carbocycles. The van der Waals surface area contributed by atoms with Crippen molar-refractivity contribution in [2.24, 2.45) is 11.3 Å². The van der Waals surface area contributed by atoms with Gasteiger partial charge in [-0.2, -0.15) is 0 Å². The van der Waals surface area contributed by atoms with E-state index in [0.717, 1.165) is 49.4 Å². The van der Waals surface area contributed by atoms with Crippen LogP contribution in [0.4, 0.5) is 11.5 Å². The Bertz CT molecular complexity index is 1570. The highest BCUT2D eigenvalue weighted by Crippen LogP contribution is 2.49. The van der Waals surface area contributed by atoms with Crippen molar-refractivity contribution in [3.63, 3.8) is 0 Å². The number of rotatable bonds is 7. The minimum Gasteiger partial charge on any atom is -0.477 e. The van der Waals surface area contributed by atoms with Gasteiger partial charge >= 0.3 is 5.97 Å². The molecule has 1 atom stereocenters. The van der Waals surface area contributed by atoms with Gasteiger partial charge in [0.15, 0.2) is 11.3 Å². The second-order valence-corrected chi connectivity index (χ2v) is 12.3. The maximum Gasteiger partial charge on any atom is 0.354 e. The Morgan fingerprint density at radius 2 is 1.77 bits per heavy atom. The van der Waals surface area contributed by atoms with Crippen LogP contribution in [0.25, 0.3) is 5.65 Å². The molecular formula is C33H39N7O3. The quantitative estimate of drug-likeness (QED) is 0.332. The largest absolute Gasteiger partial charge is 0.477 e. The summed E-state index contributed by atoms with van der Waals surface area (Å²) < 4.78 is 1.77. The van der Waals surface area contributed by atoms with Gasteiger partial charge in [0.05, 0.1) is 11.9 Å². The number of amides is 1. The first-order valence-corrected chi connectivity index (χ1v) is 15.1. The summed E-state index contributed by atoms with van der Waals surface area (Å²) in [5.41, 5.74) is 3.50. The van der Waals surface area contributed by atoms with E-state index in [1.54, 1.807) is 10.6 Å². The summed E-state index contributed by atoms with van der Waals surface area (Å²) in [5, 5.41) is 13.8. The number of carboxylic acid groups (broad SMARTS) is 1. The lowest BCUT2D eigenvalue weighted by molar-refractivity contribution is 0.0689. The molecule has 4 aromatic rings. The monoisotopic (exact) mass is 581 g/mol. The SMILES string of the molecule is Cc1cc(N2CC3(CCC3)C2)cn2nc(C(=O)N3CCC(CCN(C)c4cccc(C(=O)O)n4)C3)nc12.c1ccccc1. The van der Waals surface area contributed by atoms with Crippen LogP contribution in [0.15, 0.2) is 66.9 Å². The van der Waals surface area contributed by atoms with Crippen molar-refractivity contribution in [1.29, 1.82) is 0 Å². The van der Waals surface area contributed by atoms with Crippen LogP contribution in [0.1, 0.15) is 58.8 Å². The summed E-state index contributed by atoms with van der Waals surface area (Å²) in [6, 6.07) is 19.2. The molecule has 10 heteroatoms. The summed E-state index contributed by atoms with van der Waals surface area (Å²) in [7, 11) is 1.91. The maximum absolute atomic E-state index is 13.3. The number of carboxylic acids is 1. The molecule has 1 amide bonds. The number of carbonyl (C=O) groups is 2. The third-order valence-corrected chi connectivity index (χ3v) is 9.08. The molecule has 0 radical (unpaired) electrons. The van der Waals surface area contributed by atoms with Crippen molar-refractivity contribution in [2.45, 2.75) is 39.0 Å². The Labute approximate surface area is 252 Å². The van der Waals surface area contributed by atoms with Gasteiger partial charge < -0.3 is 19.8 Å². The van der Waals surface area contributed by atoms with Crippen molar-refractivity contribution in [3.8, 4) is 0 Å². The van der Waals surface area contributed by atoms with Crippen LogP contribution in [-0.4, -0.2) is 81.2 Å². The van der Waals surface area contributed by atoms with Crippen LogP contribution in [0.2, 0.25) is 0 Å². The average Bonchev–Trinajstić information content (AvgIpc) is 3.63. The van der Waals surface area contributed by atoms with E-state index >= 15 is 0 Å². The first-order valence-electron chi connectivity index (χ1n) is 15.1. The molecule has 5 heterocycles. The molecule has 1 spiro atoms. The Kier molecular flexibility index (Phi) is 8.01. The van der Waals surface area contributed by atoms with E-state index < -0.39 is 5.97 Å². The Balaban J connectivity index is 0.000000491. The average molecular weight is 582 g/mol. The van der Waals surface area contributed by atoms with Gasteiger partial charge in [0.1, 0.15) is 5.82 Å². The number of carbonyl (C=O) groups excluding carboxylic acids is 1. The summed E-state index contributed by atoms with van der Waals surface area (Å²) in [5.74, 6) is 0.107. The molecular weight excluding hydrogens is 542 g/mol. The molecule has 2 aliphatic heterocycles. The zero-order chi connectivity index (χ0) is 30.0. The highest BCUT2D eigenvalue weighted by atomic mass is 16.4. The number of aromatic nitrogens is 4. The maximum atomic E-state index is 13.3. The molecule has 10 nitrogen and oxygen atoms in total. The summed E-state index contributed by atoms with van der Waals surface area (Å²) in [4.78, 5) is 39.5. The number of fused-ring (bicyclic) bond motifs is 1. The number of aryl methyl sites for hydroxylation is 1. The molecule has 1 saturated carbocycles. The van der Waals surface area contributed by atoms with Gasteiger partial charge in [-0.05, 0) is 62.3 Å². The van der Waals surface area contributed by atoms with E-state index in [1.807, 2.05) is 72.4 Å².